The van der Waals surface area contributed by atoms with E-state index in [1.54, 1.807) is 30.9 Å². The minimum atomic E-state index is -0.648. The second-order valence-electron chi connectivity index (χ2n) is 40.1. The lowest BCUT2D eigenvalue weighted by molar-refractivity contribution is -0.127. The van der Waals surface area contributed by atoms with Crippen molar-refractivity contribution in [1.29, 1.82) is 0 Å². The van der Waals surface area contributed by atoms with Crippen LogP contribution in [0.2, 0.25) is 0 Å². The topological polar surface area (TPSA) is 188 Å². The molecule has 5 heterocycles. The molecule has 0 unspecified atom stereocenters. The van der Waals surface area contributed by atoms with Crippen molar-refractivity contribution in [1.82, 2.24) is 24.8 Å². The SMILES string of the molecule is CC(C)(C)COCCC#Cc1ccc(OC2CC(OC(C)(C)C)C2)cn1.CC(C)(C)OC1CC(Oc2ccc(C#CCCOC3CCN(C(C)(C)C)CC3)nc2)C1.CC(C)(C)OCCOC1(C#Cc2ccc(OC3CC(OC(C)(C)C)C3)cn2)CC1.[C-]#[N+]c1cc(C#CC(C)(C)OCCOC(C)(C)C)ncc1OC1CC(OC(C)(C)C)C1. The molecule has 0 atom stereocenters. The molecular formula is C97H144N6O14. The van der Waals surface area contributed by atoms with Crippen LogP contribution in [0.5, 0.6) is 23.0 Å². The normalized spacial score (nSPS) is 21.3. The summed E-state index contributed by atoms with van der Waals surface area (Å²) in [6.07, 6.45) is 21.9. The Kier molecular flexibility index (Phi) is 36.2. The summed E-state index contributed by atoms with van der Waals surface area (Å²) < 4.78 is 82.4. The fraction of sp³-hybridized carbons (Fsp3) is 0.701. The predicted molar refractivity (Wildman–Crippen MR) is 463 cm³/mol. The zero-order valence-electron chi connectivity index (χ0n) is 76.2. The molecule has 5 saturated carbocycles. The molecule has 4 aromatic rings. The molecule has 6 aliphatic rings. The van der Waals surface area contributed by atoms with Crippen LogP contribution in [0, 0.1) is 59.4 Å². The summed E-state index contributed by atoms with van der Waals surface area (Å²) in [5.41, 5.74) is 1.93. The third-order valence-electron chi connectivity index (χ3n) is 18.7. The molecule has 5 aliphatic carbocycles. The van der Waals surface area contributed by atoms with Crippen molar-refractivity contribution in [2.45, 2.75) is 375 Å². The number of pyridine rings is 4. The van der Waals surface area contributed by atoms with E-state index in [9.17, 15) is 0 Å². The summed E-state index contributed by atoms with van der Waals surface area (Å²) in [5.74, 6) is 27.8. The zero-order chi connectivity index (χ0) is 86.1. The third-order valence-corrected chi connectivity index (χ3v) is 18.7. The molecule has 10 rings (SSSR count). The average Bonchev–Trinajstić information content (AvgIpc) is 1.68. The van der Waals surface area contributed by atoms with E-state index in [2.05, 4.69) is 181 Å². The average molecular weight is 1620 g/mol. The first-order valence-corrected chi connectivity index (χ1v) is 42.7. The third kappa shape index (κ3) is 40.8. The molecule has 0 spiro atoms. The first-order valence-electron chi connectivity index (χ1n) is 42.7. The minimum Gasteiger partial charge on any atom is -0.500 e. The van der Waals surface area contributed by atoms with Crippen molar-refractivity contribution < 1.29 is 66.3 Å². The van der Waals surface area contributed by atoms with Crippen LogP contribution in [-0.2, 0) is 47.4 Å². The molecule has 1 saturated heterocycles. The lowest BCUT2D eigenvalue weighted by Crippen LogP contribution is -2.47. The molecule has 646 valence electrons. The Morgan fingerprint density at radius 1 is 0.419 bits per heavy atom. The molecule has 20 heteroatoms. The Morgan fingerprint density at radius 3 is 1.19 bits per heavy atom. The lowest BCUT2D eigenvalue weighted by Gasteiger charge is -2.40. The number of ether oxygens (including phenoxy) is 14. The molecular weight excluding hydrogens is 1470 g/mol. The van der Waals surface area contributed by atoms with Gasteiger partial charge in [0.05, 0.1) is 142 Å². The van der Waals surface area contributed by atoms with Gasteiger partial charge >= 0.3 is 0 Å². The van der Waals surface area contributed by atoms with Crippen molar-refractivity contribution in [3.8, 4) is 70.4 Å². The summed E-state index contributed by atoms with van der Waals surface area (Å²) >= 11 is 0. The number of aromatic nitrogens is 4. The van der Waals surface area contributed by atoms with Crippen LogP contribution in [0.3, 0.4) is 0 Å². The van der Waals surface area contributed by atoms with Gasteiger partial charge in [-0.3, -0.25) is 4.90 Å². The molecule has 0 bridgehead atoms. The Balaban J connectivity index is 0.000000216. The Hall–Kier alpha value is -6.91. The smallest absolute Gasteiger partial charge is 0.232 e. The van der Waals surface area contributed by atoms with Crippen LogP contribution in [0.15, 0.2) is 67.3 Å². The van der Waals surface area contributed by atoms with E-state index in [0.717, 1.165) is 137 Å². The van der Waals surface area contributed by atoms with Gasteiger partial charge in [-0.25, -0.2) is 24.8 Å². The lowest BCUT2D eigenvalue weighted by atomic mass is 9.91. The van der Waals surface area contributed by atoms with Crippen LogP contribution in [-0.4, -0.2) is 189 Å². The van der Waals surface area contributed by atoms with E-state index >= 15 is 0 Å². The highest BCUT2D eigenvalue weighted by atomic mass is 16.6. The minimum absolute atomic E-state index is 0.0502. The number of nitrogens with zero attached hydrogens (tertiary/aromatic N) is 6. The van der Waals surface area contributed by atoms with Gasteiger partial charge < -0.3 is 66.3 Å². The molecule has 6 fully saturated rings. The molecule has 0 radical (unpaired) electrons. The van der Waals surface area contributed by atoms with Crippen LogP contribution < -0.4 is 18.9 Å². The molecule has 0 N–H and O–H groups in total. The summed E-state index contributed by atoms with van der Waals surface area (Å²) in [6.45, 7) is 68.1. The maximum atomic E-state index is 7.48. The highest BCUT2D eigenvalue weighted by Gasteiger charge is 2.43. The summed E-state index contributed by atoms with van der Waals surface area (Å²) in [4.78, 5) is 23.7. The summed E-state index contributed by atoms with van der Waals surface area (Å²) in [6, 6.07) is 13.2. The Bertz CT molecular complexity index is 3940. The van der Waals surface area contributed by atoms with E-state index in [0.29, 0.717) is 87.6 Å². The van der Waals surface area contributed by atoms with Crippen LogP contribution in [0.4, 0.5) is 5.69 Å². The standard InChI is InChI=1S/C26H40N2O3.C25H36N2O4.C24H35NO4.C22H33NO3/c1-25(2,3)28-14-12-21(13-15-28)29-16-8-7-9-20-10-11-22(19-27-20)30-23-17-24(18-23)31-26(4,5)6;1-23(2,3)28-12-13-29-25(7,8)11-10-18-14-21(26-9)22(17-27-18)30-19-15-20(16-19)31-24(4,5)6;1-22(2,3)26-13-14-27-24(11-12-24)10-9-18-7-8-19(17-25-18)28-20-15-21(16-20)29-23(4,5)6;1-21(2,3)16-24-12-8-7-9-17-10-11-18(15-23-17)25-19-13-20(14-19)26-22(4,5)6/h10-11,19,21,23-24H,8,12-18H2,1-6H3;14,17,19-20H,12-13,15-16H2,1-8H3;7-8,17,20-21H,11-16H2,1-6H3;10-11,15,19-20H,8,12-14,16H2,1-6H3. The largest absolute Gasteiger partial charge is 0.500 e. The van der Waals surface area contributed by atoms with E-state index in [4.69, 9.17) is 72.9 Å². The van der Waals surface area contributed by atoms with E-state index in [-0.39, 0.29) is 80.7 Å². The predicted octanol–water partition coefficient (Wildman–Crippen LogP) is 19.3. The zero-order valence-corrected chi connectivity index (χ0v) is 76.2. The second-order valence-corrected chi connectivity index (χ2v) is 40.1. The number of hydrogen-bond donors (Lipinski definition) is 0. The number of likely N-dealkylation sites (tertiary alicyclic amines) is 1. The van der Waals surface area contributed by atoms with Gasteiger partial charge in [-0.05, 0) is 256 Å². The molecule has 20 nitrogen and oxygen atoms in total. The number of piperidine rings is 1. The number of rotatable bonds is 26. The van der Waals surface area contributed by atoms with Gasteiger partial charge in [-0.2, -0.15) is 0 Å². The van der Waals surface area contributed by atoms with Crippen molar-refractivity contribution >= 4 is 5.69 Å². The molecule has 1 aliphatic heterocycles. The Morgan fingerprint density at radius 2 is 0.812 bits per heavy atom. The highest BCUT2D eigenvalue weighted by molar-refractivity contribution is 5.59. The van der Waals surface area contributed by atoms with Gasteiger partial charge in [-0.1, -0.05) is 44.5 Å². The van der Waals surface area contributed by atoms with Gasteiger partial charge in [0.15, 0.2) is 0 Å². The molecule has 0 amide bonds. The summed E-state index contributed by atoms with van der Waals surface area (Å²) in [5, 5.41) is 0. The van der Waals surface area contributed by atoms with Crippen molar-refractivity contribution in [2.75, 3.05) is 59.3 Å². The van der Waals surface area contributed by atoms with Crippen molar-refractivity contribution in [3.05, 3.63) is 101 Å². The highest BCUT2D eigenvalue weighted by Crippen LogP contribution is 2.40. The molecule has 0 aromatic carbocycles. The maximum Gasteiger partial charge on any atom is 0.232 e. The van der Waals surface area contributed by atoms with Gasteiger partial charge in [0.1, 0.15) is 81.4 Å². The summed E-state index contributed by atoms with van der Waals surface area (Å²) in [7, 11) is 0. The Labute approximate surface area is 705 Å². The van der Waals surface area contributed by atoms with Crippen molar-refractivity contribution in [2.24, 2.45) is 5.41 Å². The number of hydrogen-bond acceptors (Lipinski definition) is 19. The van der Waals surface area contributed by atoms with Crippen LogP contribution in [0.25, 0.3) is 4.85 Å². The van der Waals surface area contributed by atoms with E-state index in [1.165, 1.54) is 0 Å². The molecule has 117 heavy (non-hydrogen) atoms. The fourth-order valence-corrected chi connectivity index (χ4v) is 12.7. The van der Waals surface area contributed by atoms with Gasteiger partial charge in [0, 0.05) is 82.8 Å². The van der Waals surface area contributed by atoms with Crippen molar-refractivity contribution in [3.63, 3.8) is 0 Å². The first-order chi connectivity index (χ1) is 54.5. The van der Waals surface area contributed by atoms with Gasteiger partial charge in [0.2, 0.25) is 5.69 Å². The molecule has 4 aromatic heterocycles. The van der Waals surface area contributed by atoms with Gasteiger partial charge in [0.25, 0.3) is 0 Å². The fourth-order valence-electron chi connectivity index (χ4n) is 12.7. The quantitative estimate of drug-likeness (QED) is 0.0328. The van der Waals surface area contributed by atoms with E-state index < -0.39 is 5.60 Å². The van der Waals surface area contributed by atoms with Gasteiger partial charge in [-0.15, -0.1) is 0 Å². The monoisotopic (exact) mass is 1620 g/mol. The van der Waals surface area contributed by atoms with E-state index in [1.807, 2.05) is 113 Å². The maximum absolute atomic E-state index is 7.48. The van der Waals surface area contributed by atoms with Crippen LogP contribution >= 0.6 is 0 Å². The second kappa shape index (κ2) is 43.5. The first kappa shape index (κ1) is 97.2. The van der Waals surface area contributed by atoms with Crippen LogP contribution in [0.1, 0.15) is 293 Å².